The maximum atomic E-state index is 12.3. The van der Waals surface area contributed by atoms with Crippen LogP contribution in [0.25, 0.3) is 10.2 Å². The molecule has 0 bridgehead atoms. The molecule has 0 aliphatic heterocycles. The zero-order valence-electron chi connectivity index (χ0n) is 18.5. The molecule has 6 nitrogen and oxygen atoms in total. The maximum Gasteiger partial charge on any atom is 0.230 e. The lowest BCUT2D eigenvalue weighted by atomic mass is 10.1. The number of amides is 2. The average Bonchev–Trinajstić information content (AvgIpc) is 3.28. The van der Waals surface area contributed by atoms with Gasteiger partial charge < -0.3 is 15.4 Å². The van der Waals surface area contributed by atoms with E-state index < -0.39 is 0 Å². The highest BCUT2D eigenvalue weighted by Gasteiger charge is 2.10. The van der Waals surface area contributed by atoms with Crippen LogP contribution in [0, 0.1) is 0 Å². The minimum Gasteiger partial charge on any atom is -0.492 e. The summed E-state index contributed by atoms with van der Waals surface area (Å²) in [5.74, 6) is 0.990. The van der Waals surface area contributed by atoms with Gasteiger partial charge in [-0.1, -0.05) is 60.3 Å². The van der Waals surface area contributed by atoms with E-state index in [1.165, 1.54) is 23.1 Å². The molecule has 0 saturated heterocycles. The number of thiazole rings is 1. The van der Waals surface area contributed by atoms with Crippen LogP contribution in [0.2, 0.25) is 0 Å². The van der Waals surface area contributed by atoms with Crippen molar-refractivity contribution >= 4 is 50.8 Å². The number of carbonyl (C=O) groups excluding carboxylic acids is 2. The first kappa shape index (κ1) is 23.8. The van der Waals surface area contributed by atoms with Crippen LogP contribution in [0.5, 0.6) is 5.75 Å². The van der Waals surface area contributed by atoms with E-state index in [2.05, 4.69) is 15.6 Å². The quantitative estimate of drug-likeness (QED) is 0.224. The molecule has 0 aliphatic rings. The third-order valence-corrected chi connectivity index (χ3v) is 7.06. The molecule has 1 heterocycles. The molecule has 2 amide bonds. The fourth-order valence-corrected chi connectivity index (χ4v) is 5.16. The van der Waals surface area contributed by atoms with Gasteiger partial charge >= 0.3 is 0 Å². The van der Waals surface area contributed by atoms with Gasteiger partial charge in [-0.2, -0.15) is 0 Å². The Hall–Kier alpha value is -3.36. The van der Waals surface area contributed by atoms with Gasteiger partial charge in [0.2, 0.25) is 11.8 Å². The van der Waals surface area contributed by atoms with Gasteiger partial charge in [0.25, 0.3) is 0 Å². The van der Waals surface area contributed by atoms with Crippen LogP contribution >= 0.6 is 23.1 Å². The Labute approximate surface area is 206 Å². The number of hydrogen-bond acceptors (Lipinski definition) is 6. The predicted molar refractivity (Wildman–Crippen MR) is 139 cm³/mol. The highest BCUT2D eigenvalue weighted by molar-refractivity contribution is 8.01. The smallest absolute Gasteiger partial charge is 0.230 e. The molecule has 4 aromatic rings. The summed E-state index contributed by atoms with van der Waals surface area (Å²) >= 11 is 2.91. The van der Waals surface area contributed by atoms with Crippen molar-refractivity contribution < 1.29 is 14.3 Å². The lowest BCUT2D eigenvalue weighted by molar-refractivity contribution is -0.118. The summed E-state index contributed by atoms with van der Waals surface area (Å²) in [7, 11) is 0. The normalized spacial score (nSPS) is 10.7. The molecule has 2 N–H and O–H groups in total. The molecule has 8 heteroatoms. The van der Waals surface area contributed by atoms with Crippen LogP contribution in [0.15, 0.2) is 83.2 Å². The molecule has 1 aromatic heterocycles. The van der Waals surface area contributed by atoms with Crippen LogP contribution in [-0.2, 0) is 16.0 Å². The monoisotopic (exact) mass is 491 g/mol. The number of para-hydroxylation sites is 1. The summed E-state index contributed by atoms with van der Waals surface area (Å²) in [4.78, 5) is 29.0. The Kier molecular flexibility index (Phi) is 8.54. The summed E-state index contributed by atoms with van der Waals surface area (Å²) in [5, 5.41) is 5.82. The molecule has 0 saturated carbocycles. The minimum absolute atomic E-state index is 0.0183. The van der Waals surface area contributed by atoms with Crippen molar-refractivity contribution in [3.05, 3.63) is 84.4 Å². The van der Waals surface area contributed by atoms with Crippen LogP contribution in [0.4, 0.5) is 5.69 Å². The van der Waals surface area contributed by atoms with Crippen LogP contribution in [0.3, 0.4) is 0 Å². The van der Waals surface area contributed by atoms with Crippen molar-refractivity contribution in [1.82, 2.24) is 10.3 Å². The minimum atomic E-state index is -0.0627. The molecule has 0 radical (unpaired) electrons. The second kappa shape index (κ2) is 12.2. The third-order valence-electron chi connectivity index (χ3n) is 4.90. The van der Waals surface area contributed by atoms with Crippen LogP contribution in [0.1, 0.15) is 12.0 Å². The van der Waals surface area contributed by atoms with Crippen LogP contribution in [-0.4, -0.2) is 35.7 Å². The van der Waals surface area contributed by atoms with Gasteiger partial charge in [-0.25, -0.2) is 4.98 Å². The second-order valence-corrected chi connectivity index (χ2v) is 9.75. The van der Waals surface area contributed by atoms with Crippen molar-refractivity contribution in [2.45, 2.75) is 17.2 Å². The molecule has 0 fully saturated rings. The molecule has 3 aromatic carbocycles. The number of nitrogens with zero attached hydrogens (tertiary/aromatic N) is 1. The van der Waals surface area contributed by atoms with Crippen molar-refractivity contribution in [3.63, 3.8) is 0 Å². The summed E-state index contributed by atoms with van der Waals surface area (Å²) < 4.78 is 7.36. The molecular formula is C26H25N3O3S2. The Morgan fingerprint density at radius 2 is 1.71 bits per heavy atom. The number of ether oxygens (including phenoxy) is 1. The Morgan fingerprint density at radius 1 is 0.941 bits per heavy atom. The zero-order valence-corrected chi connectivity index (χ0v) is 20.2. The topological polar surface area (TPSA) is 80.3 Å². The van der Waals surface area contributed by atoms with E-state index in [4.69, 9.17) is 4.74 Å². The van der Waals surface area contributed by atoms with E-state index in [1.807, 2.05) is 78.9 Å². The van der Waals surface area contributed by atoms with Gasteiger partial charge in [-0.3, -0.25) is 9.59 Å². The first-order valence-electron chi connectivity index (χ1n) is 11.0. The molecule has 0 unspecified atom stereocenters. The van der Waals surface area contributed by atoms with Crippen molar-refractivity contribution in [2.24, 2.45) is 0 Å². The van der Waals surface area contributed by atoms with E-state index in [0.717, 1.165) is 31.6 Å². The highest BCUT2D eigenvalue weighted by Crippen LogP contribution is 2.31. The van der Waals surface area contributed by atoms with Gasteiger partial charge in [0.05, 0.1) is 22.5 Å². The van der Waals surface area contributed by atoms with E-state index in [-0.39, 0.29) is 17.6 Å². The summed E-state index contributed by atoms with van der Waals surface area (Å²) in [6.07, 6.45) is 1.13. The Morgan fingerprint density at radius 3 is 2.50 bits per heavy atom. The fourth-order valence-electron chi connectivity index (χ4n) is 3.22. The number of fused-ring (bicyclic) bond motifs is 1. The Bertz CT molecular complexity index is 1230. The lowest BCUT2D eigenvalue weighted by Crippen LogP contribution is -2.29. The zero-order chi connectivity index (χ0) is 23.6. The summed E-state index contributed by atoms with van der Waals surface area (Å²) in [6, 6.07) is 25.2. The number of aromatic nitrogens is 1. The first-order chi connectivity index (χ1) is 16.7. The van der Waals surface area contributed by atoms with Crippen molar-refractivity contribution in [3.8, 4) is 5.75 Å². The number of aryl methyl sites for hydroxylation is 1. The molecule has 4 rings (SSSR count). The van der Waals surface area contributed by atoms with E-state index in [1.54, 1.807) is 0 Å². The highest BCUT2D eigenvalue weighted by atomic mass is 32.2. The maximum absolute atomic E-state index is 12.3. The summed E-state index contributed by atoms with van der Waals surface area (Å²) in [6.45, 7) is 0.864. The van der Waals surface area contributed by atoms with Crippen molar-refractivity contribution in [1.29, 1.82) is 0 Å². The number of anilines is 1. The van der Waals surface area contributed by atoms with Crippen LogP contribution < -0.4 is 15.4 Å². The SMILES string of the molecule is O=C(CSc1nc2ccc(NC(=O)CCc3ccccc3)cc2s1)NCCOc1ccccc1. The first-order valence-corrected chi connectivity index (χ1v) is 12.8. The Balaban J connectivity index is 1.21. The predicted octanol–water partition coefficient (Wildman–Crippen LogP) is 5.15. The fraction of sp³-hybridized carbons (Fsp3) is 0.192. The van der Waals surface area contributed by atoms with Gasteiger partial charge in [0.15, 0.2) is 4.34 Å². The van der Waals surface area contributed by atoms with E-state index in [9.17, 15) is 9.59 Å². The molecule has 0 spiro atoms. The molecule has 34 heavy (non-hydrogen) atoms. The second-order valence-electron chi connectivity index (χ2n) is 7.50. The van der Waals surface area contributed by atoms with Gasteiger partial charge in [0.1, 0.15) is 12.4 Å². The van der Waals surface area contributed by atoms with Gasteiger partial charge in [-0.05, 0) is 42.3 Å². The average molecular weight is 492 g/mol. The number of rotatable bonds is 11. The lowest BCUT2D eigenvalue weighted by Gasteiger charge is -2.07. The molecule has 174 valence electrons. The number of benzene rings is 3. The van der Waals surface area contributed by atoms with E-state index in [0.29, 0.717) is 26.0 Å². The molecular weight excluding hydrogens is 466 g/mol. The number of thioether (sulfide) groups is 1. The largest absolute Gasteiger partial charge is 0.492 e. The number of carbonyl (C=O) groups is 2. The summed E-state index contributed by atoms with van der Waals surface area (Å²) in [5.41, 5.74) is 2.75. The number of nitrogens with one attached hydrogen (secondary N) is 2. The number of hydrogen-bond donors (Lipinski definition) is 2. The standard InChI is InChI=1S/C26H25N3O3S2/c30-24(14-11-19-7-3-1-4-8-19)28-20-12-13-22-23(17-20)34-26(29-22)33-18-25(31)27-15-16-32-21-9-5-2-6-10-21/h1-10,12-13,17H,11,14-16,18H2,(H,27,31)(H,28,30). The van der Waals surface area contributed by atoms with Gasteiger partial charge in [0, 0.05) is 12.1 Å². The van der Waals surface area contributed by atoms with Gasteiger partial charge in [-0.15, -0.1) is 11.3 Å². The molecule has 0 aliphatic carbocycles. The third kappa shape index (κ3) is 7.33. The molecule has 0 atom stereocenters. The van der Waals surface area contributed by atoms with E-state index >= 15 is 0 Å². The van der Waals surface area contributed by atoms with Crippen molar-refractivity contribution in [2.75, 3.05) is 24.2 Å².